The quantitative estimate of drug-likeness (QED) is 0.526. The average Bonchev–Trinajstić information content (AvgIpc) is 3.12. The van der Waals surface area contributed by atoms with Crippen LogP contribution in [0.5, 0.6) is 0 Å². The van der Waals surface area contributed by atoms with Crippen molar-refractivity contribution < 1.29 is 18.0 Å². The molecule has 2 heterocycles. The molecule has 0 bridgehead atoms. The molecule has 0 aliphatic rings. The first-order chi connectivity index (χ1) is 11.1. The highest BCUT2D eigenvalue weighted by atomic mass is 32.2. The highest BCUT2D eigenvalue weighted by Gasteiger charge is 2.10. The lowest BCUT2D eigenvalue weighted by Gasteiger charge is -1.98. The molecule has 0 atom stereocenters. The lowest BCUT2D eigenvalue weighted by atomic mass is 10.3. The number of hydrogen-bond donors (Lipinski definition) is 1. The number of rotatable bonds is 5. The van der Waals surface area contributed by atoms with E-state index < -0.39 is 5.76 Å². The molecule has 0 aliphatic carbocycles. The van der Waals surface area contributed by atoms with E-state index in [0.29, 0.717) is 33.1 Å². The van der Waals surface area contributed by atoms with Crippen molar-refractivity contribution in [2.75, 3.05) is 5.32 Å². The number of furan rings is 1. The van der Waals surface area contributed by atoms with E-state index >= 15 is 0 Å². The van der Waals surface area contributed by atoms with Crippen LogP contribution >= 0.6 is 23.1 Å². The number of carbonyl (C=O) groups is 1. The van der Waals surface area contributed by atoms with Gasteiger partial charge in [0.1, 0.15) is 5.76 Å². The van der Waals surface area contributed by atoms with Crippen LogP contribution in [0, 0.1) is 0 Å². The number of aromatic nitrogens is 1. The van der Waals surface area contributed by atoms with Crippen LogP contribution in [-0.4, -0.2) is 16.6 Å². The van der Waals surface area contributed by atoms with Crippen molar-refractivity contribution in [2.45, 2.75) is 10.7 Å². The van der Waals surface area contributed by atoms with Gasteiger partial charge in [0.25, 0.3) is 5.76 Å². The summed E-state index contributed by atoms with van der Waals surface area (Å²) in [6.07, 6.45) is 4.39. The van der Waals surface area contributed by atoms with E-state index in [4.69, 9.17) is 4.42 Å². The molecule has 1 amide bonds. The van der Waals surface area contributed by atoms with Crippen LogP contribution in [-0.2, 0) is 4.79 Å². The summed E-state index contributed by atoms with van der Waals surface area (Å²) < 4.78 is 30.6. The van der Waals surface area contributed by atoms with Crippen molar-refractivity contribution in [2.24, 2.45) is 0 Å². The third-order valence-electron chi connectivity index (χ3n) is 2.76. The van der Waals surface area contributed by atoms with Crippen LogP contribution in [0.4, 0.5) is 13.9 Å². The predicted molar refractivity (Wildman–Crippen MR) is 87.9 cm³/mol. The Bertz CT molecular complexity index is 844. The van der Waals surface area contributed by atoms with Gasteiger partial charge in [0, 0.05) is 11.0 Å². The van der Waals surface area contributed by atoms with Crippen molar-refractivity contribution >= 4 is 50.4 Å². The Labute approximate surface area is 138 Å². The zero-order chi connectivity index (χ0) is 16.2. The Balaban J connectivity index is 1.71. The number of nitrogens with one attached hydrogen (secondary N) is 1. The number of carbonyl (C=O) groups excluding carboxylic acids is 1. The van der Waals surface area contributed by atoms with Crippen molar-refractivity contribution in [3.63, 3.8) is 0 Å². The number of alkyl halides is 2. The van der Waals surface area contributed by atoms with Gasteiger partial charge in [-0.3, -0.25) is 10.1 Å². The molecule has 0 spiro atoms. The second kappa shape index (κ2) is 6.93. The fourth-order valence-electron chi connectivity index (χ4n) is 1.83. The van der Waals surface area contributed by atoms with Crippen LogP contribution in [0.25, 0.3) is 16.3 Å². The first-order valence-electron chi connectivity index (χ1n) is 6.48. The summed E-state index contributed by atoms with van der Waals surface area (Å²) in [6, 6.07) is 8.33. The fourth-order valence-corrected chi connectivity index (χ4v) is 3.35. The molecule has 0 saturated heterocycles. The molecule has 0 radical (unpaired) electrons. The van der Waals surface area contributed by atoms with E-state index in [1.807, 2.05) is 0 Å². The van der Waals surface area contributed by atoms with Crippen LogP contribution in [0.15, 0.2) is 52.0 Å². The molecular formula is C15H10F2N2O2S2. The Morgan fingerprint density at radius 2 is 2.26 bits per heavy atom. The van der Waals surface area contributed by atoms with Crippen LogP contribution in [0.2, 0.25) is 0 Å². The van der Waals surface area contributed by atoms with E-state index in [9.17, 15) is 13.6 Å². The molecule has 23 heavy (non-hydrogen) atoms. The van der Waals surface area contributed by atoms with Gasteiger partial charge in [-0.1, -0.05) is 23.1 Å². The molecule has 4 nitrogen and oxygen atoms in total. The van der Waals surface area contributed by atoms with Crippen molar-refractivity contribution in [1.82, 2.24) is 4.98 Å². The zero-order valence-electron chi connectivity index (χ0n) is 11.5. The number of halogens is 2. The number of anilines is 1. The molecule has 0 unspecified atom stereocenters. The Morgan fingerprint density at radius 3 is 3.00 bits per heavy atom. The monoisotopic (exact) mass is 352 g/mol. The standard InChI is InChI=1S/C15H10F2N2O2S2/c16-14(17)22-10-4-5-11-12(8-10)23-15(18-11)19-13(20)6-3-9-2-1-7-21-9/h1-8,14H,(H,18,19,20)/b6-3+. The Morgan fingerprint density at radius 1 is 1.39 bits per heavy atom. The van der Waals surface area contributed by atoms with Gasteiger partial charge in [0.2, 0.25) is 5.91 Å². The van der Waals surface area contributed by atoms with E-state index in [2.05, 4.69) is 10.3 Å². The van der Waals surface area contributed by atoms with Gasteiger partial charge >= 0.3 is 0 Å². The first-order valence-corrected chi connectivity index (χ1v) is 8.18. The summed E-state index contributed by atoms with van der Waals surface area (Å²) in [5, 5.41) is 3.05. The number of benzene rings is 1. The minimum absolute atomic E-state index is 0.345. The number of nitrogens with zero attached hydrogens (tertiary/aromatic N) is 1. The molecular weight excluding hydrogens is 342 g/mol. The topological polar surface area (TPSA) is 55.1 Å². The third-order valence-corrected chi connectivity index (χ3v) is 4.40. The van der Waals surface area contributed by atoms with Crippen LogP contribution < -0.4 is 5.32 Å². The number of amides is 1. The molecule has 0 saturated carbocycles. The van der Waals surface area contributed by atoms with E-state index in [-0.39, 0.29) is 5.91 Å². The maximum absolute atomic E-state index is 12.4. The summed E-state index contributed by atoms with van der Waals surface area (Å²) >= 11 is 1.71. The molecule has 118 valence electrons. The molecule has 1 aromatic carbocycles. The maximum Gasteiger partial charge on any atom is 0.288 e. The van der Waals surface area contributed by atoms with Gasteiger partial charge in [-0.15, -0.1) is 0 Å². The Kier molecular flexibility index (Phi) is 4.73. The highest BCUT2D eigenvalue weighted by molar-refractivity contribution is 7.99. The van der Waals surface area contributed by atoms with Crippen LogP contribution in [0.3, 0.4) is 0 Å². The molecule has 1 N–H and O–H groups in total. The van der Waals surface area contributed by atoms with E-state index in [0.717, 1.165) is 4.70 Å². The second-order valence-electron chi connectivity index (χ2n) is 4.37. The summed E-state index contributed by atoms with van der Waals surface area (Å²) in [5.74, 6) is -2.24. The van der Waals surface area contributed by atoms with Gasteiger partial charge in [-0.25, -0.2) is 4.98 Å². The van der Waals surface area contributed by atoms with Gasteiger partial charge in [0.05, 0.1) is 16.5 Å². The van der Waals surface area contributed by atoms with Gasteiger partial charge in [0.15, 0.2) is 5.13 Å². The van der Waals surface area contributed by atoms with E-state index in [1.54, 1.807) is 36.4 Å². The molecule has 8 heteroatoms. The number of thioether (sulfide) groups is 1. The lowest BCUT2D eigenvalue weighted by molar-refractivity contribution is -0.111. The smallest absolute Gasteiger partial charge is 0.288 e. The minimum atomic E-state index is -2.47. The number of thiazole rings is 1. The lowest BCUT2D eigenvalue weighted by Crippen LogP contribution is -2.07. The van der Waals surface area contributed by atoms with Crippen LogP contribution in [0.1, 0.15) is 5.76 Å². The van der Waals surface area contributed by atoms with Gasteiger partial charge in [-0.05, 0) is 36.4 Å². The number of hydrogen-bond acceptors (Lipinski definition) is 5. The first kappa shape index (κ1) is 15.7. The number of fused-ring (bicyclic) bond motifs is 1. The minimum Gasteiger partial charge on any atom is -0.465 e. The normalized spacial score (nSPS) is 11.6. The van der Waals surface area contributed by atoms with E-state index in [1.165, 1.54) is 23.7 Å². The molecule has 3 aromatic rings. The summed E-state index contributed by atoms with van der Waals surface area (Å²) in [4.78, 5) is 16.5. The van der Waals surface area contributed by atoms with Gasteiger partial charge < -0.3 is 4.42 Å². The highest BCUT2D eigenvalue weighted by Crippen LogP contribution is 2.32. The van der Waals surface area contributed by atoms with Crippen molar-refractivity contribution in [3.05, 3.63) is 48.4 Å². The molecule has 2 aromatic heterocycles. The largest absolute Gasteiger partial charge is 0.465 e. The summed E-state index contributed by atoms with van der Waals surface area (Å²) in [6.45, 7) is 0. The zero-order valence-corrected chi connectivity index (χ0v) is 13.2. The third kappa shape index (κ3) is 4.17. The maximum atomic E-state index is 12.4. The average molecular weight is 352 g/mol. The predicted octanol–water partition coefficient (Wildman–Crippen LogP) is 4.86. The molecule has 0 fully saturated rings. The van der Waals surface area contributed by atoms with Gasteiger partial charge in [-0.2, -0.15) is 8.78 Å². The Hall–Kier alpha value is -2.19. The summed E-state index contributed by atoms with van der Waals surface area (Å²) in [5.41, 5.74) is 0.652. The molecule has 0 aliphatic heterocycles. The van der Waals surface area contributed by atoms with Crippen molar-refractivity contribution in [1.29, 1.82) is 0 Å². The molecule has 3 rings (SSSR count). The summed E-state index contributed by atoms with van der Waals surface area (Å²) in [7, 11) is 0. The second-order valence-corrected chi connectivity index (χ2v) is 6.46. The van der Waals surface area contributed by atoms with Crippen molar-refractivity contribution in [3.8, 4) is 0 Å². The fraction of sp³-hybridized carbons (Fsp3) is 0.0667. The SMILES string of the molecule is O=C(/C=C/c1ccco1)Nc1nc2ccc(SC(F)F)cc2s1.